The van der Waals surface area contributed by atoms with Crippen molar-refractivity contribution in [1.82, 2.24) is 0 Å². The number of carbonyl (C=O) groups is 1. The molecule has 0 atom stereocenters. The SMILES string of the molecule is C[CH]COC(=O)CCC. The number of esters is 1. The topological polar surface area (TPSA) is 26.3 Å². The fraction of sp³-hybridized carbons (Fsp3) is 0.714. The third kappa shape index (κ3) is 5.34. The van der Waals surface area contributed by atoms with E-state index in [0.29, 0.717) is 13.0 Å². The first-order valence-corrected chi connectivity index (χ1v) is 3.24. The largest absolute Gasteiger partial charge is 0.465 e. The Balaban J connectivity index is 3.06. The Morgan fingerprint density at radius 1 is 1.67 bits per heavy atom. The van der Waals surface area contributed by atoms with Crippen LogP contribution in [0.2, 0.25) is 0 Å². The van der Waals surface area contributed by atoms with E-state index in [1.807, 2.05) is 20.3 Å². The molecule has 2 nitrogen and oxygen atoms in total. The molecule has 0 unspecified atom stereocenters. The van der Waals surface area contributed by atoms with Gasteiger partial charge in [0.1, 0.15) is 0 Å². The fourth-order valence-corrected chi connectivity index (χ4v) is 0.453. The lowest BCUT2D eigenvalue weighted by Gasteiger charge is -1.98. The summed E-state index contributed by atoms with van der Waals surface area (Å²) in [6.07, 6.45) is 3.21. The summed E-state index contributed by atoms with van der Waals surface area (Å²) in [5, 5.41) is 0. The average Bonchev–Trinajstić information content (AvgIpc) is 1.85. The van der Waals surface area contributed by atoms with E-state index < -0.39 is 0 Å². The van der Waals surface area contributed by atoms with Crippen molar-refractivity contribution in [2.75, 3.05) is 6.61 Å². The molecule has 0 saturated carbocycles. The molecule has 0 aliphatic rings. The maximum Gasteiger partial charge on any atom is 0.305 e. The highest BCUT2D eigenvalue weighted by atomic mass is 16.5. The highest BCUT2D eigenvalue weighted by Crippen LogP contribution is 1.90. The molecule has 0 bridgehead atoms. The normalized spacial score (nSPS) is 9.11. The van der Waals surface area contributed by atoms with E-state index in [2.05, 4.69) is 0 Å². The molecule has 2 heteroatoms. The zero-order chi connectivity index (χ0) is 7.11. The molecule has 0 amide bonds. The van der Waals surface area contributed by atoms with Crippen LogP contribution in [0.25, 0.3) is 0 Å². The van der Waals surface area contributed by atoms with Crippen LogP contribution in [0.15, 0.2) is 0 Å². The number of hydrogen-bond acceptors (Lipinski definition) is 2. The van der Waals surface area contributed by atoms with Gasteiger partial charge in [-0.3, -0.25) is 4.79 Å². The van der Waals surface area contributed by atoms with Crippen LogP contribution in [0.1, 0.15) is 26.7 Å². The van der Waals surface area contributed by atoms with Crippen LogP contribution in [0.3, 0.4) is 0 Å². The predicted octanol–water partition coefficient (Wildman–Crippen LogP) is 1.55. The summed E-state index contributed by atoms with van der Waals surface area (Å²) in [7, 11) is 0. The zero-order valence-electron chi connectivity index (χ0n) is 6.02. The third-order valence-corrected chi connectivity index (χ3v) is 0.865. The van der Waals surface area contributed by atoms with Crippen LogP contribution in [0, 0.1) is 6.42 Å². The van der Waals surface area contributed by atoms with Crippen molar-refractivity contribution < 1.29 is 9.53 Å². The maximum absolute atomic E-state index is 10.6. The Bertz CT molecular complexity index is 79.0. The third-order valence-electron chi connectivity index (χ3n) is 0.865. The predicted molar refractivity (Wildman–Crippen MR) is 35.8 cm³/mol. The van der Waals surface area contributed by atoms with Gasteiger partial charge in [-0.2, -0.15) is 0 Å². The molecule has 0 saturated heterocycles. The van der Waals surface area contributed by atoms with Crippen LogP contribution < -0.4 is 0 Å². The highest BCUT2D eigenvalue weighted by Gasteiger charge is 1.96. The Labute approximate surface area is 56.2 Å². The Morgan fingerprint density at radius 2 is 2.33 bits per heavy atom. The van der Waals surface area contributed by atoms with Crippen molar-refractivity contribution in [3.05, 3.63) is 6.42 Å². The van der Waals surface area contributed by atoms with Crippen molar-refractivity contribution in [3.8, 4) is 0 Å². The molecule has 0 aliphatic heterocycles. The van der Waals surface area contributed by atoms with Gasteiger partial charge in [-0.15, -0.1) is 0 Å². The minimum absolute atomic E-state index is 0.101. The van der Waals surface area contributed by atoms with Crippen molar-refractivity contribution in [3.63, 3.8) is 0 Å². The summed E-state index contributed by atoms with van der Waals surface area (Å²) in [4.78, 5) is 10.6. The molecule has 0 aromatic carbocycles. The first kappa shape index (κ1) is 8.47. The van der Waals surface area contributed by atoms with E-state index in [9.17, 15) is 4.79 Å². The van der Waals surface area contributed by atoms with E-state index >= 15 is 0 Å². The summed E-state index contributed by atoms with van der Waals surface area (Å²) in [5.74, 6) is -0.101. The number of ether oxygens (including phenoxy) is 1. The Hall–Kier alpha value is -0.530. The standard InChI is InChI=1S/C7H13O2/c1-3-5-7(8)9-6-4-2/h4H,3,5-6H2,1-2H3. The van der Waals surface area contributed by atoms with Crippen LogP contribution in [0.4, 0.5) is 0 Å². The molecule has 0 aromatic heterocycles. The minimum atomic E-state index is -0.101. The lowest BCUT2D eigenvalue weighted by Crippen LogP contribution is -2.03. The number of carbonyl (C=O) groups excluding carboxylic acids is 1. The van der Waals surface area contributed by atoms with Gasteiger partial charge in [0.15, 0.2) is 0 Å². The second-order valence-corrected chi connectivity index (χ2v) is 1.84. The van der Waals surface area contributed by atoms with Crippen LogP contribution in [-0.4, -0.2) is 12.6 Å². The second kappa shape index (κ2) is 5.60. The molecule has 0 spiro atoms. The van der Waals surface area contributed by atoms with Gasteiger partial charge in [0.05, 0.1) is 6.61 Å². The molecule has 0 aromatic rings. The van der Waals surface area contributed by atoms with Crippen LogP contribution in [0.5, 0.6) is 0 Å². The molecule has 0 N–H and O–H groups in total. The average molecular weight is 129 g/mol. The lowest BCUT2D eigenvalue weighted by molar-refractivity contribution is -0.142. The van der Waals surface area contributed by atoms with Gasteiger partial charge >= 0.3 is 5.97 Å². The van der Waals surface area contributed by atoms with Gasteiger partial charge in [0.25, 0.3) is 0 Å². The molecular formula is C7H13O2. The van der Waals surface area contributed by atoms with E-state index in [1.54, 1.807) is 0 Å². The van der Waals surface area contributed by atoms with Crippen molar-refractivity contribution in [2.24, 2.45) is 0 Å². The first-order chi connectivity index (χ1) is 4.31. The van der Waals surface area contributed by atoms with Crippen molar-refractivity contribution in [1.29, 1.82) is 0 Å². The molecule has 1 radical (unpaired) electrons. The van der Waals surface area contributed by atoms with Gasteiger partial charge < -0.3 is 4.74 Å². The van der Waals surface area contributed by atoms with Gasteiger partial charge in [-0.1, -0.05) is 13.8 Å². The smallest absolute Gasteiger partial charge is 0.305 e. The molecule has 0 heterocycles. The summed E-state index contributed by atoms with van der Waals surface area (Å²) >= 11 is 0. The molecule has 0 aliphatic carbocycles. The second-order valence-electron chi connectivity index (χ2n) is 1.84. The first-order valence-electron chi connectivity index (χ1n) is 3.24. The Kier molecular flexibility index (Phi) is 5.27. The monoisotopic (exact) mass is 129 g/mol. The van der Waals surface area contributed by atoms with E-state index in [0.717, 1.165) is 6.42 Å². The minimum Gasteiger partial charge on any atom is -0.465 e. The Morgan fingerprint density at radius 3 is 2.78 bits per heavy atom. The summed E-state index contributed by atoms with van der Waals surface area (Å²) < 4.78 is 4.74. The summed E-state index contributed by atoms with van der Waals surface area (Å²) in [5.41, 5.74) is 0. The highest BCUT2D eigenvalue weighted by molar-refractivity contribution is 5.69. The van der Waals surface area contributed by atoms with Gasteiger partial charge in [0.2, 0.25) is 0 Å². The molecule has 0 rings (SSSR count). The van der Waals surface area contributed by atoms with Crippen molar-refractivity contribution in [2.45, 2.75) is 26.7 Å². The molecule has 9 heavy (non-hydrogen) atoms. The fourth-order valence-electron chi connectivity index (χ4n) is 0.453. The van der Waals surface area contributed by atoms with Crippen LogP contribution >= 0.6 is 0 Å². The van der Waals surface area contributed by atoms with E-state index in [4.69, 9.17) is 4.74 Å². The van der Waals surface area contributed by atoms with Gasteiger partial charge in [0, 0.05) is 6.42 Å². The van der Waals surface area contributed by atoms with Crippen molar-refractivity contribution >= 4 is 5.97 Å². The number of hydrogen-bond donors (Lipinski definition) is 0. The number of rotatable bonds is 4. The van der Waals surface area contributed by atoms with E-state index in [-0.39, 0.29) is 5.97 Å². The van der Waals surface area contributed by atoms with Gasteiger partial charge in [-0.05, 0) is 12.8 Å². The van der Waals surface area contributed by atoms with Gasteiger partial charge in [-0.25, -0.2) is 0 Å². The zero-order valence-corrected chi connectivity index (χ0v) is 6.02. The molecule has 53 valence electrons. The quantitative estimate of drug-likeness (QED) is 0.538. The van der Waals surface area contributed by atoms with E-state index in [1.165, 1.54) is 0 Å². The van der Waals surface area contributed by atoms with Crippen LogP contribution in [-0.2, 0) is 9.53 Å². The summed E-state index contributed by atoms with van der Waals surface area (Å²) in [6, 6.07) is 0. The molecule has 0 fully saturated rings. The summed E-state index contributed by atoms with van der Waals surface area (Å²) in [6.45, 7) is 4.26. The maximum atomic E-state index is 10.6. The lowest BCUT2D eigenvalue weighted by atomic mass is 10.3. The molecular weight excluding hydrogens is 116 g/mol.